The molecule has 0 aromatic heterocycles. The van der Waals surface area contributed by atoms with Crippen LogP contribution in [0.25, 0.3) is 0 Å². The van der Waals surface area contributed by atoms with Crippen molar-refractivity contribution in [3.63, 3.8) is 0 Å². The summed E-state index contributed by atoms with van der Waals surface area (Å²) in [6.07, 6.45) is -4.56. The molecule has 88 valence electrons. The van der Waals surface area contributed by atoms with Crippen molar-refractivity contribution in [1.82, 2.24) is 0 Å². The molecule has 0 bridgehead atoms. The maximum atomic E-state index is 12.5. The van der Waals surface area contributed by atoms with Crippen LogP contribution in [0.1, 0.15) is 5.56 Å². The molecule has 16 heavy (non-hydrogen) atoms. The van der Waals surface area contributed by atoms with Gasteiger partial charge in [-0.2, -0.15) is 13.2 Å². The molecule has 0 amide bonds. The third-order valence-electron chi connectivity index (χ3n) is 1.82. The summed E-state index contributed by atoms with van der Waals surface area (Å²) in [5.41, 5.74) is -1.32. The van der Waals surface area contributed by atoms with E-state index in [1.165, 1.54) is 12.1 Å². The molecular formula is C9H9F3N2O2. The van der Waals surface area contributed by atoms with Gasteiger partial charge in [0, 0.05) is 0 Å². The molecule has 1 aromatic rings. The van der Waals surface area contributed by atoms with E-state index in [1.807, 2.05) is 0 Å². The SMILES string of the molecule is NN(CC(=O)O)c1ccccc1C(F)(F)F. The maximum absolute atomic E-state index is 12.5. The monoisotopic (exact) mass is 234 g/mol. The van der Waals surface area contributed by atoms with E-state index in [0.717, 1.165) is 12.1 Å². The molecule has 1 aromatic carbocycles. The second-order valence-electron chi connectivity index (χ2n) is 3.04. The predicted molar refractivity (Wildman–Crippen MR) is 50.6 cm³/mol. The number of carboxylic acids is 1. The van der Waals surface area contributed by atoms with Gasteiger partial charge in [0.1, 0.15) is 6.54 Å². The summed E-state index contributed by atoms with van der Waals surface area (Å²) in [6, 6.07) is 4.52. The topological polar surface area (TPSA) is 66.6 Å². The number of para-hydroxylation sites is 1. The van der Waals surface area contributed by atoms with Crippen molar-refractivity contribution in [2.24, 2.45) is 5.84 Å². The minimum absolute atomic E-state index is 0.364. The smallest absolute Gasteiger partial charge is 0.418 e. The Morgan fingerprint density at radius 2 is 1.94 bits per heavy atom. The zero-order valence-electron chi connectivity index (χ0n) is 8.03. The summed E-state index contributed by atoms with van der Waals surface area (Å²) in [6.45, 7) is -0.701. The van der Waals surface area contributed by atoms with Crippen LogP contribution in [0, 0.1) is 0 Å². The summed E-state index contributed by atoms with van der Waals surface area (Å²) in [5.74, 6) is 3.94. The lowest BCUT2D eigenvalue weighted by Gasteiger charge is -2.20. The number of benzene rings is 1. The lowest BCUT2D eigenvalue weighted by Crippen LogP contribution is -2.37. The Kier molecular flexibility index (Phi) is 3.38. The highest BCUT2D eigenvalue weighted by Gasteiger charge is 2.34. The fraction of sp³-hybridized carbons (Fsp3) is 0.222. The van der Waals surface area contributed by atoms with Gasteiger partial charge in [0.2, 0.25) is 0 Å². The number of hydrogen-bond donors (Lipinski definition) is 2. The third-order valence-corrected chi connectivity index (χ3v) is 1.82. The van der Waals surface area contributed by atoms with Crippen LogP contribution < -0.4 is 10.9 Å². The zero-order chi connectivity index (χ0) is 12.3. The number of nitrogens with two attached hydrogens (primary N) is 1. The summed E-state index contributed by atoms with van der Waals surface area (Å²) in [5, 5.41) is 8.98. The summed E-state index contributed by atoms with van der Waals surface area (Å²) in [4.78, 5) is 10.3. The van der Waals surface area contributed by atoms with Gasteiger partial charge in [0.05, 0.1) is 11.3 Å². The van der Waals surface area contributed by atoms with Crippen molar-refractivity contribution in [2.45, 2.75) is 6.18 Å². The van der Waals surface area contributed by atoms with E-state index >= 15 is 0 Å². The number of halogens is 3. The first kappa shape index (κ1) is 12.3. The van der Waals surface area contributed by atoms with Gasteiger partial charge in [-0.3, -0.25) is 9.80 Å². The number of rotatable bonds is 3. The first-order valence-corrected chi connectivity index (χ1v) is 4.22. The largest absolute Gasteiger partial charge is 0.480 e. The fourth-order valence-corrected chi connectivity index (χ4v) is 1.19. The average molecular weight is 234 g/mol. The van der Waals surface area contributed by atoms with Gasteiger partial charge >= 0.3 is 12.1 Å². The van der Waals surface area contributed by atoms with Gasteiger partial charge in [-0.15, -0.1) is 0 Å². The normalized spacial score (nSPS) is 11.2. The van der Waals surface area contributed by atoms with Gasteiger partial charge in [-0.25, -0.2) is 5.84 Å². The van der Waals surface area contributed by atoms with Crippen molar-refractivity contribution < 1.29 is 23.1 Å². The molecule has 1 rings (SSSR count). The van der Waals surface area contributed by atoms with Gasteiger partial charge < -0.3 is 5.11 Å². The number of carbonyl (C=O) groups is 1. The van der Waals surface area contributed by atoms with Crippen LogP contribution in [0.15, 0.2) is 24.3 Å². The Hall–Kier alpha value is -1.76. The maximum Gasteiger partial charge on any atom is 0.418 e. The quantitative estimate of drug-likeness (QED) is 0.614. The summed E-state index contributed by atoms with van der Waals surface area (Å²) >= 11 is 0. The average Bonchev–Trinajstić information content (AvgIpc) is 2.15. The Morgan fingerprint density at radius 3 is 2.44 bits per heavy atom. The molecule has 0 heterocycles. The van der Waals surface area contributed by atoms with E-state index in [0.29, 0.717) is 5.01 Å². The molecule has 3 N–H and O–H groups in total. The minimum Gasteiger partial charge on any atom is -0.480 e. The number of alkyl halides is 3. The number of nitrogens with zero attached hydrogens (tertiary/aromatic N) is 1. The Balaban J connectivity index is 3.08. The Morgan fingerprint density at radius 1 is 1.38 bits per heavy atom. The number of carboxylic acid groups (broad SMARTS) is 1. The second-order valence-corrected chi connectivity index (χ2v) is 3.04. The van der Waals surface area contributed by atoms with Gasteiger partial charge in [0.15, 0.2) is 0 Å². The van der Waals surface area contributed by atoms with Gasteiger partial charge in [-0.1, -0.05) is 12.1 Å². The lowest BCUT2D eigenvalue weighted by atomic mass is 10.1. The molecule has 0 aliphatic carbocycles. The van der Waals surface area contributed by atoms with Crippen LogP contribution in [0.2, 0.25) is 0 Å². The zero-order valence-corrected chi connectivity index (χ0v) is 8.03. The molecule has 0 spiro atoms. The second kappa shape index (κ2) is 4.40. The predicted octanol–water partition coefficient (Wildman–Crippen LogP) is 1.47. The Labute approximate surface area is 89.0 Å². The van der Waals surface area contributed by atoms with Crippen LogP contribution in [0.3, 0.4) is 0 Å². The molecule has 0 radical (unpaired) electrons. The van der Waals surface area contributed by atoms with Gasteiger partial charge in [0.25, 0.3) is 0 Å². The minimum atomic E-state index is -4.56. The van der Waals surface area contributed by atoms with Crippen molar-refractivity contribution in [3.05, 3.63) is 29.8 Å². The first-order valence-electron chi connectivity index (χ1n) is 4.22. The third kappa shape index (κ3) is 2.86. The molecule has 0 saturated carbocycles. The number of hydrazine groups is 1. The van der Waals surface area contributed by atoms with Crippen molar-refractivity contribution in [3.8, 4) is 0 Å². The summed E-state index contributed by atoms with van der Waals surface area (Å²) in [7, 11) is 0. The standard InChI is InChI=1S/C9H9F3N2O2/c10-9(11,12)6-3-1-2-4-7(6)14(13)5-8(15)16/h1-4H,5,13H2,(H,15,16). The molecule has 0 unspecified atom stereocenters. The molecule has 0 aliphatic rings. The number of aliphatic carboxylic acids is 1. The van der Waals surface area contributed by atoms with E-state index in [9.17, 15) is 18.0 Å². The van der Waals surface area contributed by atoms with Crippen molar-refractivity contribution in [2.75, 3.05) is 11.6 Å². The molecule has 0 fully saturated rings. The molecule has 7 heteroatoms. The van der Waals surface area contributed by atoms with Crippen LogP contribution in [0.5, 0.6) is 0 Å². The highest BCUT2D eigenvalue weighted by molar-refractivity contribution is 5.74. The highest BCUT2D eigenvalue weighted by atomic mass is 19.4. The van der Waals surface area contributed by atoms with Crippen LogP contribution >= 0.6 is 0 Å². The first-order chi connectivity index (χ1) is 7.32. The molecule has 0 aliphatic heterocycles. The number of anilines is 1. The molecule has 0 atom stereocenters. The molecule has 4 nitrogen and oxygen atoms in total. The van der Waals surface area contributed by atoms with Crippen molar-refractivity contribution in [1.29, 1.82) is 0 Å². The van der Waals surface area contributed by atoms with Crippen LogP contribution in [-0.4, -0.2) is 17.6 Å². The van der Waals surface area contributed by atoms with E-state index < -0.39 is 24.3 Å². The van der Waals surface area contributed by atoms with Crippen LogP contribution in [-0.2, 0) is 11.0 Å². The van der Waals surface area contributed by atoms with E-state index in [4.69, 9.17) is 10.9 Å². The van der Waals surface area contributed by atoms with E-state index in [-0.39, 0.29) is 5.69 Å². The van der Waals surface area contributed by atoms with E-state index in [2.05, 4.69) is 0 Å². The fourth-order valence-electron chi connectivity index (χ4n) is 1.19. The molecular weight excluding hydrogens is 225 g/mol. The Bertz CT molecular complexity index is 393. The van der Waals surface area contributed by atoms with Crippen LogP contribution in [0.4, 0.5) is 18.9 Å². The highest BCUT2D eigenvalue weighted by Crippen LogP contribution is 2.35. The van der Waals surface area contributed by atoms with Gasteiger partial charge in [-0.05, 0) is 12.1 Å². The van der Waals surface area contributed by atoms with Crippen molar-refractivity contribution >= 4 is 11.7 Å². The summed E-state index contributed by atoms with van der Waals surface area (Å²) < 4.78 is 37.5. The van der Waals surface area contributed by atoms with E-state index in [1.54, 1.807) is 0 Å². The number of hydrogen-bond acceptors (Lipinski definition) is 3. The molecule has 0 saturated heterocycles. The lowest BCUT2D eigenvalue weighted by molar-refractivity contribution is -0.138.